The maximum Gasteiger partial charge on any atom is 0.546 e. The number of rotatable bonds is 19. The number of pyridine rings is 1. The number of carbonyl (C=O) groups excluding carboxylic acids is 1. The molecule has 0 N–H and O–H groups in total. The molecule has 13 heteroatoms. The first-order valence-corrected chi connectivity index (χ1v) is 13.6. The van der Waals surface area contributed by atoms with Crippen LogP contribution in [0.2, 0.25) is 0 Å². The minimum Gasteiger partial charge on any atom is -0.461 e. The van der Waals surface area contributed by atoms with E-state index in [1.54, 1.807) is 65.9 Å². The molecular formula is C23H41NO11Si. The van der Waals surface area contributed by atoms with Crippen molar-refractivity contribution in [2.24, 2.45) is 0 Å². The van der Waals surface area contributed by atoms with Crippen LogP contribution in [0.25, 0.3) is 0 Å². The van der Waals surface area contributed by atoms with Gasteiger partial charge < -0.3 is 46.4 Å². The Hall–Kier alpha value is -1.52. The van der Waals surface area contributed by atoms with Crippen LogP contribution >= 0.6 is 0 Å². The van der Waals surface area contributed by atoms with E-state index in [9.17, 15) is 4.79 Å². The van der Waals surface area contributed by atoms with Crippen LogP contribution in [0.1, 0.15) is 47.2 Å². The molecule has 0 aliphatic rings. The molecule has 0 amide bonds. The molecule has 12 nitrogen and oxygen atoms in total. The molecule has 1 aromatic heterocycles. The SMILES string of the molecule is COC(C)OC(C)O[Si](COC(=O)Cc1ccccn1)(OC(C)OC(C)OC)OC(C)OC(C)OC. The van der Waals surface area contributed by atoms with Crippen molar-refractivity contribution in [3.8, 4) is 0 Å². The molecule has 0 aliphatic carbocycles. The molecule has 0 bridgehead atoms. The smallest absolute Gasteiger partial charge is 0.461 e. The molecular weight excluding hydrogens is 494 g/mol. The summed E-state index contributed by atoms with van der Waals surface area (Å²) < 4.78 is 56.5. The van der Waals surface area contributed by atoms with E-state index in [4.69, 9.17) is 46.4 Å². The van der Waals surface area contributed by atoms with Crippen LogP contribution in [-0.2, 0) is 57.7 Å². The van der Waals surface area contributed by atoms with Gasteiger partial charge in [0.25, 0.3) is 0 Å². The van der Waals surface area contributed by atoms with Gasteiger partial charge in [0.1, 0.15) is 0 Å². The number of nitrogens with zero attached hydrogens (tertiary/aromatic N) is 1. The highest BCUT2D eigenvalue weighted by molar-refractivity contribution is 6.60. The number of hydrogen-bond donors (Lipinski definition) is 0. The minimum absolute atomic E-state index is 0.0440. The molecule has 0 spiro atoms. The Morgan fingerprint density at radius 1 is 0.750 bits per heavy atom. The van der Waals surface area contributed by atoms with Crippen LogP contribution in [0.5, 0.6) is 0 Å². The quantitative estimate of drug-likeness (QED) is 0.147. The van der Waals surface area contributed by atoms with Crippen molar-refractivity contribution in [1.29, 1.82) is 0 Å². The van der Waals surface area contributed by atoms with Crippen molar-refractivity contribution in [2.45, 2.75) is 85.7 Å². The summed E-state index contributed by atoms with van der Waals surface area (Å²) in [6, 6.07) is 5.27. The first-order chi connectivity index (χ1) is 17.0. The minimum atomic E-state index is -3.91. The number of hydrogen-bond acceptors (Lipinski definition) is 12. The Kier molecular flexibility index (Phi) is 15.4. The molecule has 0 saturated carbocycles. The van der Waals surface area contributed by atoms with E-state index in [2.05, 4.69) is 4.98 Å². The Labute approximate surface area is 214 Å². The maximum absolute atomic E-state index is 12.6. The standard InChI is InChI=1S/C23H41NO11Si/c1-16(26-7)30-19(4)33-36(34-20(5)31-17(2)27-8,35-21(6)32-18(3)28-9)15-29-23(25)14-22-12-10-11-13-24-22/h10-13,16-21H,14-15H2,1-9H3. The maximum atomic E-state index is 12.6. The zero-order valence-corrected chi connectivity index (χ0v) is 23.6. The number of aromatic nitrogens is 1. The summed E-state index contributed by atoms with van der Waals surface area (Å²) in [6.07, 6.45) is -3.12. The number of esters is 1. The zero-order valence-electron chi connectivity index (χ0n) is 22.6. The zero-order chi connectivity index (χ0) is 27.1. The predicted molar refractivity (Wildman–Crippen MR) is 129 cm³/mol. The van der Waals surface area contributed by atoms with Gasteiger partial charge in [0.15, 0.2) is 44.0 Å². The van der Waals surface area contributed by atoms with E-state index in [1.165, 1.54) is 21.3 Å². The second-order valence-electron chi connectivity index (χ2n) is 7.72. The van der Waals surface area contributed by atoms with E-state index in [0.29, 0.717) is 5.69 Å². The van der Waals surface area contributed by atoms with Crippen LogP contribution < -0.4 is 0 Å². The van der Waals surface area contributed by atoms with E-state index >= 15 is 0 Å². The first-order valence-electron chi connectivity index (χ1n) is 11.7. The van der Waals surface area contributed by atoms with Crippen LogP contribution in [0.15, 0.2) is 24.4 Å². The van der Waals surface area contributed by atoms with E-state index in [1.807, 2.05) is 0 Å². The van der Waals surface area contributed by atoms with Gasteiger partial charge in [-0.1, -0.05) is 6.07 Å². The molecule has 0 aliphatic heterocycles. The summed E-state index contributed by atoms with van der Waals surface area (Å²) in [5, 5.41) is 0. The third kappa shape index (κ3) is 13.1. The highest BCUT2D eigenvalue weighted by atomic mass is 28.4. The van der Waals surface area contributed by atoms with Crippen LogP contribution in [-0.4, -0.2) is 85.1 Å². The van der Waals surface area contributed by atoms with Gasteiger partial charge in [0.05, 0.1) is 12.1 Å². The lowest BCUT2D eigenvalue weighted by molar-refractivity contribution is -0.254. The Bertz CT molecular complexity index is 679. The molecule has 0 saturated heterocycles. The predicted octanol–water partition coefficient (Wildman–Crippen LogP) is 2.76. The van der Waals surface area contributed by atoms with Crippen molar-refractivity contribution in [2.75, 3.05) is 27.6 Å². The largest absolute Gasteiger partial charge is 0.546 e. The summed E-state index contributed by atoms with van der Waals surface area (Å²) >= 11 is 0. The normalized spacial score (nSPS) is 18.5. The summed E-state index contributed by atoms with van der Waals surface area (Å²) in [5.74, 6) is -0.544. The van der Waals surface area contributed by atoms with E-state index in [-0.39, 0.29) is 12.7 Å². The highest BCUT2D eigenvalue weighted by Crippen LogP contribution is 2.22. The number of carbonyl (C=O) groups is 1. The summed E-state index contributed by atoms with van der Waals surface area (Å²) in [5.41, 5.74) is 0.555. The summed E-state index contributed by atoms with van der Waals surface area (Å²) in [6.45, 7) is 10.0. The molecule has 1 heterocycles. The van der Waals surface area contributed by atoms with Gasteiger partial charge in [-0.25, -0.2) is 0 Å². The Morgan fingerprint density at radius 2 is 1.19 bits per heavy atom. The number of ether oxygens (including phenoxy) is 7. The second kappa shape index (κ2) is 17.1. The lowest BCUT2D eigenvalue weighted by Crippen LogP contribution is -2.57. The third-order valence-electron chi connectivity index (χ3n) is 4.64. The molecule has 1 aromatic rings. The van der Waals surface area contributed by atoms with Gasteiger partial charge in [-0.3, -0.25) is 9.78 Å². The van der Waals surface area contributed by atoms with Gasteiger partial charge in [0, 0.05) is 27.5 Å². The van der Waals surface area contributed by atoms with Crippen molar-refractivity contribution >= 4 is 14.8 Å². The van der Waals surface area contributed by atoms with Crippen molar-refractivity contribution in [1.82, 2.24) is 4.98 Å². The first kappa shape index (κ1) is 32.5. The third-order valence-corrected chi connectivity index (χ3v) is 7.21. The van der Waals surface area contributed by atoms with Gasteiger partial charge >= 0.3 is 14.8 Å². The topological polar surface area (TPSA) is 122 Å². The summed E-state index contributed by atoms with van der Waals surface area (Å²) in [7, 11) is 0.587. The van der Waals surface area contributed by atoms with E-state index in [0.717, 1.165) is 0 Å². The van der Waals surface area contributed by atoms with E-state index < -0.39 is 52.5 Å². The summed E-state index contributed by atoms with van der Waals surface area (Å²) in [4.78, 5) is 16.8. The average Bonchev–Trinajstić information content (AvgIpc) is 2.82. The lowest BCUT2D eigenvalue weighted by Gasteiger charge is -2.36. The van der Waals surface area contributed by atoms with Crippen LogP contribution in [0, 0.1) is 0 Å². The molecule has 1 rings (SSSR count). The monoisotopic (exact) mass is 535 g/mol. The average molecular weight is 536 g/mol. The fraction of sp³-hybridized carbons (Fsp3) is 0.739. The molecule has 208 valence electrons. The Balaban J connectivity index is 3.15. The van der Waals surface area contributed by atoms with Gasteiger partial charge in [-0.05, 0) is 53.7 Å². The molecule has 6 unspecified atom stereocenters. The van der Waals surface area contributed by atoms with Crippen LogP contribution in [0.4, 0.5) is 0 Å². The van der Waals surface area contributed by atoms with Gasteiger partial charge in [-0.15, -0.1) is 0 Å². The van der Waals surface area contributed by atoms with Crippen molar-refractivity contribution in [3.05, 3.63) is 30.1 Å². The fourth-order valence-electron chi connectivity index (χ4n) is 2.87. The molecule has 0 radical (unpaired) electrons. The van der Waals surface area contributed by atoms with Gasteiger partial charge in [-0.2, -0.15) is 0 Å². The molecule has 0 aromatic carbocycles. The molecule has 36 heavy (non-hydrogen) atoms. The van der Waals surface area contributed by atoms with Crippen molar-refractivity contribution in [3.63, 3.8) is 0 Å². The fourth-order valence-corrected chi connectivity index (χ4v) is 5.27. The highest BCUT2D eigenvalue weighted by Gasteiger charge is 2.49. The van der Waals surface area contributed by atoms with Crippen molar-refractivity contribution < 1.29 is 51.2 Å². The molecule has 6 atom stereocenters. The Morgan fingerprint density at radius 3 is 1.56 bits per heavy atom. The second-order valence-corrected chi connectivity index (χ2v) is 10.1. The van der Waals surface area contributed by atoms with Crippen LogP contribution in [0.3, 0.4) is 0 Å². The number of methoxy groups -OCH3 is 3. The lowest BCUT2D eigenvalue weighted by atomic mass is 10.3. The molecule has 0 fully saturated rings. The van der Waals surface area contributed by atoms with Gasteiger partial charge in [0.2, 0.25) is 0 Å².